The van der Waals surface area contributed by atoms with Gasteiger partial charge in [-0.2, -0.15) is 5.10 Å². The number of aromatic amines is 1. The lowest BCUT2D eigenvalue weighted by Crippen LogP contribution is -1.95. The number of benzene rings is 1. The van der Waals surface area contributed by atoms with Crippen molar-refractivity contribution in [2.45, 2.75) is 26.2 Å². The van der Waals surface area contributed by atoms with Crippen LogP contribution in [0, 0.1) is 0 Å². The van der Waals surface area contributed by atoms with Crippen LogP contribution in [0.4, 0.5) is 0 Å². The fourth-order valence-corrected chi connectivity index (χ4v) is 1.80. The minimum Gasteiger partial charge on any atom is -0.477 e. The topological polar surface area (TPSA) is 66.0 Å². The summed E-state index contributed by atoms with van der Waals surface area (Å²) in [5, 5.41) is 15.3. The molecule has 0 aliphatic heterocycles. The quantitative estimate of drug-likeness (QED) is 0.867. The minimum atomic E-state index is -0.995. The average Bonchev–Trinajstić information content (AvgIpc) is 2.88. The van der Waals surface area contributed by atoms with Crippen molar-refractivity contribution in [1.82, 2.24) is 10.2 Å². The lowest BCUT2D eigenvalue weighted by molar-refractivity contribution is 0.0690. The molecule has 1 aromatic carbocycles. The van der Waals surface area contributed by atoms with Crippen LogP contribution in [0.1, 0.15) is 42.2 Å². The Labute approximate surface area is 106 Å². The Balaban J connectivity index is 2.25. The summed E-state index contributed by atoms with van der Waals surface area (Å²) in [7, 11) is 0. The molecule has 1 atom stereocenters. The Bertz CT molecular complexity index is 543. The SMILES string of the molecule is CCC(C)c1ccc(-c2cc(C(=O)O)[nH]n2)cc1. The summed E-state index contributed by atoms with van der Waals surface area (Å²) in [6.07, 6.45) is 1.10. The summed E-state index contributed by atoms with van der Waals surface area (Å²) >= 11 is 0. The standard InChI is InChI=1S/C14H16N2O2/c1-3-9(2)10-4-6-11(7-5-10)12-8-13(14(17)18)16-15-12/h4-9H,3H2,1-2H3,(H,15,16)(H,17,18). The van der Waals surface area contributed by atoms with E-state index in [0.29, 0.717) is 11.6 Å². The van der Waals surface area contributed by atoms with Gasteiger partial charge in [-0.15, -0.1) is 0 Å². The van der Waals surface area contributed by atoms with Crippen LogP contribution in [-0.2, 0) is 0 Å². The molecule has 0 bridgehead atoms. The monoisotopic (exact) mass is 244 g/mol. The van der Waals surface area contributed by atoms with E-state index in [9.17, 15) is 4.79 Å². The van der Waals surface area contributed by atoms with Crippen molar-refractivity contribution < 1.29 is 9.90 Å². The van der Waals surface area contributed by atoms with Gasteiger partial charge in [-0.1, -0.05) is 38.1 Å². The first-order chi connectivity index (χ1) is 8.61. The van der Waals surface area contributed by atoms with Gasteiger partial charge in [-0.05, 0) is 24.0 Å². The number of nitrogens with zero attached hydrogens (tertiary/aromatic N) is 1. The maximum Gasteiger partial charge on any atom is 0.353 e. The largest absolute Gasteiger partial charge is 0.477 e. The van der Waals surface area contributed by atoms with Gasteiger partial charge < -0.3 is 5.11 Å². The van der Waals surface area contributed by atoms with Crippen LogP contribution in [0.2, 0.25) is 0 Å². The molecule has 2 aromatic rings. The Hall–Kier alpha value is -2.10. The third kappa shape index (κ3) is 2.42. The third-order valence-electron chi connectivity index (χ3n) is 3.20. The van der Waals surface area contributed by atoms with Gasteiger partial charge in [0, 0.05) is 5.56 Å². The van der Waals surface area contributed by atoms with E-state index in [1.807, 2.05) is 12.1 Å². The number of nitrogens with one attached hydrogen (secondary N) is 1. The first-order valence-corrected chi connectivity index (χ1v) is 6.01. The molecule has 2 N–H and O–H groups in total. The van der Waals surface area contributed by atoms with Crippen molar-refractivity contribution in [3.05, 3.63) is 41.6 Å². The van der Waals surface area contributed by atoms with Crippen molar-refractivity contribution in [3.8, 4) is 11.3 Å². The summed E-state index contributed by atoms with van der Waals surface area (Å²) < 4.78 is 0. The number of hydrogen-bond acceptors (Lipinski definition) is 2. The summed E-state index contributed by atoms with van der Waals surface area (Å²) in [4.78, 5) is 10.8. The first kappa shape index (κ1) is 12.4. The van der Waals surface area contributed by atoms with Gasteiger partial charge in [0.25, 0.3) is 0 Å². The lowest BCUT2D eigenvalue weighted by Gasteiger charge is -2.08. The summed E-state index contributed by atoms with van der Waals surface area (Å²) in [5.41, 5.74) is 2.97. The number of aromatic carboxylic acids is 1. The molecule has 0 aliphatic rings. The molecular formula is C14H16N2O2. The second kappa shape index (κ2) is 5.04. The smallest absolute Gasteiger partial charge is 0.353 e. The number of carboxylic acid groups (broad SMARTS) is 1. The maximum absolute atomic E-state index is 10.8. The molecule has 1 aromatic heterocycles. The van der Waals surface area contributed by atoms with Crippen LogP contribution in [0.25, 0.3) is 11.3 Å². The molecule has 0 aliphatic carbocycles. The van der Waals surface area contributed by atoms with Crippen LogP contribution in [0.5, 0.6) is 0 Å². The van der Waals surface area contributed by atoms with Gasteiger partial charge in [0.2, 0.25) is 0 Å². The fourth-order valence-electron chi connectivity index (χ4n) is 1.80. The van der Waals surface area contributed by atoms with Crippen molar-refractivity contribution in [2.75, 3.05) is 0 Å². The van der Waals surface area contributed by atoms with Crippen LogP contribution >= 0.6 is 0 Å². The highest BCUT2D eigenvalue weighted by Gasteiger charge is 2.09. The van der Waals surface area contributed by atoms with E-state index in [1.165, 1.54) is 5.56 Å². The highest BCUT2D eigenvalue weighted by atomic mass is 16.4. The van der Waals surface area contributed by atoms with Crippen LogP contribution in [0.3, 0.4) is 0 Å². The Kier molecular flexibility index (Phi) is 3.46. The molecule has 0 spiro atoms. The normalized spacial score (nSPS) is 12.3. The van der Waals surface area contributed by atoms with Crippen LogP contribution < -0.4 is 0 Å². The highest BCUT2D eigenvalue weighted by molar-refractivity contribution is 5.86. The number of carboxylic acids is 1. The predicted octanol–water partition coefficient (Wildman–Crippen LogP) is 3.29. The Morgan fingerprint density at radius 2 is 2.06 bits per heavy atom. The maximum atomic E-state index is 10.8. The van der Waals surface area contributed by atoms with Gasteiger partial charge in [0.15, 0.2) is 0 Å². The van der Waals surface area contributed by atoms with E-state index in [0.717, 1.165) is 12.0 Å². The fraction of sp³-hybridized carbons (Fsp3) is 0.286. The van der Waals surface area contributed by atoms with Gasteiger partial charge in [0.1, 0.15) is 5.69 Å². The molecule has 94 valence electrons. The van der Waals surface area contributed by atoms with Crippen molar-refractivity contribution in [1.29, 1.82) is 0 Å². The highest BCUT2D eigenvalue weighted by Crippen LogP contribution is 2.23. The summed E-state index contributed by atoms with van der Waals surface area (Å²) in [6.45, 7) is 4.34. The second-order valence-corrected chi connectivity index (χ2v) is 4.40. The number of hydrogen-bond donors (Lipinski definition) is 2. The zero-order chi connectivity index (χ0) is 13.1. The minimum absolute atomic E-state index is 0.107. The molecule has 2 rings (SSSR count). The van der Waals surface area contributed by atoms with Gasteiger partial charge in [0.05, 0.1) is 5.69 Å². The number of H-pyrrole nitrogens is 1. The lowest BCUT2D eigenvalue weighted by atomic mass is 9.97. The number of carbonyl (C=O) groups is 1. The molecule has 4 heteroatoms. The molecule has 0 fully saturated rings. The molecule has 4 nitrogen and oxygen atoms in total. The molecular weight excluding hydrogens is 228 g/mol. The van der Waals surface area contributed by atoms with E-state index in [2.05, 4.69) is 36.2 Å². The van der Waals surface area contributed by atoms with Crippen molar-refractivity contribution >= 4 is 5.97 Å². The van der Waals surface area contributed by atoms with E-state index in [-0.39, 0.29) is 5.69 Å². The first-order valence-electron chi connectivity index (χ1n) is 6.01. The molecule has 0 amide bonds. The molecule has 0 radical (unpaired) electrons. The number of rotatable bonds is 4. The number of aromatic nitrogens is 2. The van der Waals surface area contributed by atoms with Gasteiger partial charge >= 0.3 is 5.97 Å². The molecule has 1 unspecified atom stereocenters. The third-order valence-corrected chi connectivity index (χ3v) is 3.20. The molecule has 18 heavy (non-hydrogen) atoms. The van der Waals surface area contributed by atoms with E-state index in [4.69, 9.17) is 5.11 Å². The van der Waals surface area contributed by atoms with E-state index in [1.54, 1.807) is 6.07 Å². The van der Waals surface area contributed by atoms with Gasteiger partial charge in [-0.3, -0.25) is 5.10 Å². The summed E-state index contributed by atoms with van der Waals surface area (Å²) in [6, 6.07) is 9.63. The van der Waals surface area contributed by atoms with E-state index < -0.39 is 5.97 Å². The molecule has 1 heterocycles. The zero-order valence-corrected chi connectivity index (χ0v) is 10.5. The average molecular weight is 244 g/mol. The summed E-state index contributed by atoms with van der Waals surface area (Å²) in [5.74, 6) is -0.460. The predicted molar refractivity (Wildman–Crippen MR) is 69.7 cm³/mol. The molecule has 0 saturated heterocycles. The van der Waals surface area contributed by atoms with Crippen LogP contribution in [0.15, 0.2) is 30.3 Å². The Morgan fingerprint density at radius 1 is 1.39 bits per heavy atom. The second-order valence-electron chi connectivity index (χ2n) is 4.40. The van der Waals surface area contributed by atoms with Crippen LogP contribution in [-0.4, -0.2) is 21.3 Å². The zero-order valence-electron chi connectivity index (χ0n) is 10.5. The van der Waals surface area contributed by atoms with Crippen molar-refractivity contribution in [2.24, 2.45) is 0 Å². The van der Waals surface area contributed by atoms with E-state index >= 15 is 0 Å². The van der Waals surface area contributed by atoms with Gasteiger partial charge in [-0.25, -0.2) is 4.79 Å². The molecule has 0 saturated carbocycles. The van der Waals surface area contributed by atoms with Crippen molar-refractivity contribution in [3.63, 3.8) is 0 Å². The Morgan fingerprint density at radius 3 is 2.56 bits per heavy atom.